The van der Waals surface area contributed by atoms with E-state index in [0.717, 1.165) is 10.9 Å². The van der Waals surface area contributed by atoms with E-state index in [2.05, 4.69) is 26.2 Å². The van der Waals surface area contributed by atoms with Crippen LogP contribution in [0.15, 0.2) is 59.2 Å². The van der Waals surface area contributed by atoms with Crippen LogP contribution >= 0.6 is 15.9 Å². The second-order valence-electron chi connectivity index (χ2n) is 4.53. The molecule has 0 aliphatic heterocycles. The minimum atomic E-state index is -0.378. The summed E-state index contributed by atoms with van der Waals surface area (Å²) < 4.78 is 0.712. The van der Waals surface area contributed by atoms with Gasteiger partial charge < -0.3 is 10.4 Å². The summed E-state index contributed by atoms with van der Waals surface area (Å²) in [4.78, 5) is 16.4. The number of hydrogen-bond acceptors (Lipinski definition) is 3. The Kier molecular flexibility index (Phi) is 3.58. The van der Waals surface area contributed by atoms with E-state index < -0.39 is 0 Å². The molecular formula is C16H11BrN2O2. The molecule has 1 aromatic heterocycles. The Labute approximate surface area is 129 Å². The van der Waals surface area contributed by atoms with Crippen LogP contribution in [-0.4, -0.2) is 16.0 Å². The van der Waals surface area contributed by atoms with Crippen molar-refractivity contribution in [2.24, 2.45) is 0 Å². The van der Waals surface area contributed by atoms with Crippen molar-refractivity contribution >= 4 is 38.4 Å². The van der Waals surface area contributed by atoms with Crippen molar-refractivity contribution < 1.29 is 9.90 Å². The molecule has 3 aromatic rings. The molecule has 104 valence electrons. The highest BCUT2D eigenvalue weighted by Crippen LogP contribution is 2.24. The van der Waals surface area contributed by atoms with Crippen molar-refractivity contribution in [3.63, 3.8) is 0 Å². The number of nitrogens with zero attached hydrogens (tertiary/aromatic N) is 1. The van der Waals surface area contributed by atoms with E-state index in [4.69, 9.17) is 0 Å². The molecule has 2 N–H and O–H groups in total. The number of aromatic hydroxyl groups is 1. The van der Waals surface area contributed by atoms with Crippen LogP contribution in [0.4, 0.5) is 5.69 Å². The smallest absolute Gasteiger partial charge is 0.259 e. The van der Waals surface area contributed by atoms with Gasteiger partial charge in [-0.3, -0.25) is 9.78 Å². The third kappa shape index (κ3) is 2.87. The van der Waals surface area contributed by atoms with Crippen LogP contribution in [-0.2, 0) is 0 Å². The summed E-state index contributed by atoms with van der Waals surface area (Å²) in [5, 5.41) is 13.5. The molecule has 0 aliphatic rings. The molecule has 0 saturated heterocycles. The van der Waals surface area contributed by atoms with Gasteiger partial charge in [0.1, 0.15) is 5.75 Å². The standard InChI is InChI=1S/C16H11BrN2O2/c17-11-5-6-13(15(20)8-11)16(21)19-12-7-10-3-1-2-4-14(10)18-9-12/h1-9,20H,(H,19,21). The normalized spacial score (nSPS) is 10.5. The summed E-state index contributed by atoms with van der Waals surface area (Å²) in [6.07, 6.45) is 1.59. The maximum Gasteiger partial charge on any atom is 0.259 e. The number of aromatic nitrogens is 1. The Morgan fingerprint density at radius 1 is 1.14 bits per heavy atom. The van der Waals surface area contributed by atoms with Gasteiger partial charge in [-0.2, -0.15) is 0 Å². The number of rotatable bonds is 2. The molecule has 0 bridgehead atoms. The predicted octanol–water partition coefficient (Wildman–Crippen LogP) is 3.96. The van der Waals surface area contributed by atoms with Crippen molar-refractivity contribution in [1.29, 1.82) is 0 Å². The predicted molar refractivity (Wildman–Crippen MR) is 85.5 cm³/mol. The van der Waals surface area contributed by atoms with Crippen molar-refractivity contribution in [1.82, 2.24) is 4.98 Å². The molecule has 0 saturated carbocycles. The Morgan fingerprint density at radius 3 is 2.76 bits per heavy atom. The number of para-hydroxylation sites is 1. The van der Waals surface area contributed by atoms with E-state index in [1.54, 1.807) is 18.3 Å². The molecule has 2 aromatic carbocycles. The lowest BCUT2D eigenvalue weighted by atomic mass is 10.1. The van der Waals surface area contributed by atoms with Crippen LogP contribution in [0.5, 0.6) is 5.75 Å². The van der Waals surface area contributed by atoms with Gasteiger partial charge in [0.05, 0.1) is 23.0 Å². The van der Waals surface area contributed by atoms with Gasteiger partial charge in [0.25, 0.3) is 5.91 Å². The molecule has 5 heteroatoms. The lowest BCUT2D eigenvalue weighted by Crippen LogP contribution is -2.12. The number of anilines is 1. The number of nitrogens with one attached hydrogen (secondary N) is 1. The van der Waals surface area contributed by atoms with Gasteiger partial charge in [-0.05, 0) is 30.3 Å². The van der Waals surface area contributed by atoms with Gasteiger partial charge in [-0.1, -0.05) is 34.1 Å². The fourth-order valence-electron chi connectivity index (χ4n) is 2.03. The molecule has 0 atom stereocenters. The number of pyridine rings is 1. The average Bonchev–Trinajstić information content (AvgIpc) is 2.47. The fourth-order valence-corrected chi connectivity index (χ4v) is 2.38. The Hall–Kier alpha value is -2.40. The minimum absolute atomic E-state index is 0.0735. The van der Waals surface area contributed by atoms with E-state index in [9.17, 15) is 9.90 Å². The van der Waals surface area contributed by atoms with Crippen LogP contribution in [0.3, 0.4) is 0 Å². The highest BCUT2D eigenvalue weighted by molar-refractivity contribution is 9.10. The Morgan fingerprint density at radius 2 is 1.95 bits per heavy atom. The zero-order chi connectivity index (χ0) is 14.8. The molecule has 0 unspecified atom stereocenters. The molecular weight excluding hydrogens is 332 g/mol. The van der Waals surface area contributed by atoms with Gasteiger partial charge in [0, 0.05) is 9.86 Å². The van der Waals surface area contributed by atoms with Gasteiger partial charge in [-0.15, -0.1) is 0 Å². The number of fused-ring (bicyclic) bond motifs is 1. The van der Waals surface area contributed by atoms with Gasteiger partial charge in [0.2, 0.25) is 0 Å². The minimum Gasteiger partial charge on any atom is -0.507 e. The first-order valence-corrected chi connectivity index (χ1v) is 7.07. The summed E-state index contributed by atoms with van der Waals surface area (Å²) in [5.74, 6) is -0.451. The second kappa shape index (κ2) is 5.54. The van der Waals surface area contributed by atoms with E-state index >= 15 is 0 Å². The van der Waals surface area contributed by atoms with Crippen molar-refractivity contribution in [3.8, 4) is 5.75 Å². The molecule has 0 fully saturated rings. The number of carbonyl (C=O) groups is 1. The van der Waals surface area contributed by atoms with Crippen LogP contribution in [0.2, 0.25) is 0 Å². The highest BCUT2D eigenvalue weighted by Gasteiger charge is 2.12. The summed E-state index contributed by atoms with van der Waals surface area (Å²) in [6, 6.07) is 14.2. The van der Waals surface area contributed by atoms with Gasteiger partial charge in [0.15, 0.2) is 0 Å². The fraction of sp³-hybridized carbons (Fsp3) is 0. The Bertz CT molecular complexity index is 833. The number of phenols is 1. The number of hydrogen-bond donors (Lipinski definition) is 2. The lowest BCUT2D eigenvalue weighted by molar-refractivity contribution is 0.102. The molecule has 1 heterocycles. The topological polar surface area (TPSA) is 62.2 Å². The van der Waals surface area contributed by atoms with Crippen molar-refractivity contribution in [2.45, 2.75) is 0 Å². The van der Waals surface area contributed by atoms with E-state index in [-0.39, 0.29) is 17.2 Å². The van der Waals surface area contributed by atoms with E-state index in [0.29, 0.717) is 10.2 Å². The number of phenolic OH excluding ortho intramolecular Hbond substituents is 1. The molecule has 21 heavy (non-hydrogen) atoms. The van der Waals surface area contributed by atoms with Crippen LogP contribution < -0.4 is 5.32 Å². The van der Waals surface area contributed by atoms with E-state index in [1.165, 1.54) is 6.07 Å². The number of carbonyl (C=O) groups excluding carboxylic acids is 1. The summed E-state index contributed by atoms with van der Waals surface area (Å²) in [5.41, 5.74) is 1.66. The van der Waals surface area contributed by atoms with Gasteiger partial charge in [-0.25, -0.2) is 0 Å². The quantitative estimate of drug-likeness (QED) is 0.741. The third-order valence-corrected chi connectivity index (χ3v) is 3.55. The summed E-state index contributed by atoms with van der Waals surface area (Å²) in [7, 11) is 0. The van der Waals surface area contributed by atoms with Crippen LogP contribution in [0, 0.1) is 0 Å². The first kappa shape index (κ1) is 13.6. The van der Waals surface area contributed by atoms with Gasteiger partial charge >= 0.3 is 0 Å². The molecule has 0 radical (unpaired) electrons. The molecule has 0 aliphatic carbocycles. The zero-order valence-corrected chi connectivity index (χ0v) is 12.5. The lowest BCUT2D eigenvalue weighted by Gasteiger charge is -2.07. The first-order valence-electron chi connectivity index (χ1n) is 6.28. The number of benzene rings is 2. The van der Waals surface area contributed by atoms with Crippen molar-refractivity contribution in [2.75, 3.05) is 5.32 Å². The molecule has 3 rings (SSSR count). The number of amides is 1. The average molecular weight is 343 g/mol. The first-order chi connectivity index (χ1) is 10.1. The number of halogens is 1. The summed E-state index contributed by atoms with van der Waals surface area (Å²) in [6.45, 7) is 0. The highest BCUT2D eigenvalue weighted by atomic mass is 79.9. The van der Waals surface area contributed by atoms with E-state index in [1.807, 2.05) is 30.3 Å². The SMILES string of the molecule is O=C(Nc1cnc2ccccc2c1)c1ccc(Br)cc1O. The monoisotopic (exact) mass is 342 g/mol. The summed E-state index contributed by atoms with van der Waals surface area (Å²) >= 11 is 3.24. The third-order valence-electron chi connectivity index (χ3n) is 3.05. The van der Waals surface area contributed by atoms with Crippen LogP contribution in [0.25, 0.3) is 10.9 Å². The molecule has 0 spiro atoms. The zero-order valence-electron chi connectivity index (χ0n) is 10.9. The largest absolute Gasteiger partial charge is 0.507 e. The van der Waals surface area contributed by atoms with Crippen LogP contribution in [0.1, 0.15) is 10.4 Å². The Balaban J connectivity index is 1.89. The maximum atomic E-state index is 12.2. The van der Waals surface area contributed by atoms with Crippen molar-refractivity contribution in [3.05, 3.63) is 64.8 Å². The molecule has 4 nitrogen and oxygen atoms in total. The molecule has 1 amide bonds. The maximum absolute atomic E-state index is 12.2. The second-order valence-corrected chi connectivity index (χ2v) is 5.45.